The molecule has 0 aromatic heterocycles. The lowest BCUT2D eigenvalue weighted by molar-refractivity contribution is 0.0756. The second kappa shape index (κ2) is 13.8. The van der Waals surface area contributed by atoms with Gasteiger partial charge in [-0.15, -0.1) is 0 Å². The van der Waals surface area contributed by atoms with Gasteiger partial charge in [-0.1, -0.05) is 13.8 Å². The molecule has 0 spiro atoms. The Labute approximate surface area is 125 Å². The number of ether oxygens (including phenoxy) is 2. The molecule has 0 amide bonds. The van der Waals surface area contributed by atoms with Crippen LogP contribution in [-0.2, 0) is 9.47 Å². The van der Waals surface area contributed by atoms with Crippen LogP contribution in [0.1, 0.15) is 20.8 Å². The van der Waals surface area contributed by atoms with E-state index >= 15 is 0 Å². The Morgan fingerprint density at radius 3 is 2.15 bits per heavy atom. The topological polar surface area (TPSA) is 37.0 Å². The molecule has 0 bridgehead atoms. The van der Waals surface area contributed by atoms with Crippen LogP contribution < -0.4 is 5.32 Å². The fourth-order valence-corrected chi connectivity index (χ4v) is 2.23. The summed E-state index contributed by atoms with van der Waals surface area (Å²) in [6, 6.07) is 0.430. The first-order chi connectivity index (χ1) is 9.69. The molecule has 1 unspecified atom stereocenters. The van der Waals surface area contributed by atoms with Crippen LogP contribution >= 0.6 is 0 Å². The molecule has 0 saturated heterocycles. The predicted molar refractivity (Wildman–Crippen MR) is 85.4 cm³/mol. The van der Waals surface area contributed by atoms with Crippen LogP contribution in [0.25, 0.3) is 0 Å². The van der Waals surface area contributed by atoms with Gasteiger partial charge in [0, 0.05) is 53.0 Å². The van der Waals surface area contributed by atoms with E-state index in [0.29, 0.717) is 6.04 Å². The zero-order valence-corrected chi connectivity index (χ0v) is 14.2. The van der Waals surface area contributed by atoms with Gasteiger partial charge in [0.15, 0.2) is 0 Å². The molecule has 0 heterocycles. The predicted octanol–water partition coefficient (Wildman–Crippen LogP) is 0.901. The average Bonchev–Trinajstić information content (AvgIpc) is 2.46. The van der Waals surface area contributed by atoms with E-state index in [1.165, 1.54) is 0 Å². The summed E-state index contributed by atoms with van der Waals surface area (Å²) < 4.78 is 10.4. The fraction of sp³-hybridized carbons (Fsp3) is 1.00. The quantitative estimate of drug-likeness (QED) is 0.481. The molecule has 0 aliphatic carbocycles. The summed E-state index contributed by atoms with van der Waals surface area (Å²) in [7, 11) is 3.51. The van der Waals surface area contributed by atoms with E-state index in [0.717, 1.165) is 59.0 Å². The Balaban J connectivity index is 3.83. The number of methoxy groups -OCH3 is 2. The number of rotatable bonds is 14. The van der Waals surface area contributed by atoms with Crippen molar-refractivity contribution in [3.63, 3.8) is 0 Å². The molecule has 0 aliphatic heterocycles. The van der Waals surface area contributed by atoms with Gasteiger partial charge < -0.3 is 19.7 Å². The third-order valence-electron chi connectivity index (χ3n) is 3.69. The summed E-state index contributed by atoms with van der Waals surface area (Å²) >= 11 is 0. The number of hydrogen-bond donors (Lipinski definition) is 1. The molecule has 0 aromatic rings. The fourth-order valence-electron chi connectivity index (χ4n) is 2.23. The third-order valence-corrected chi connectivity index (χ3v) is 3.69. The van der Waals surface area contributed by atoms with Gasteiger partial charge in [-0.2, -0.15) is 0 Å². The van der Waals surface area contributed by atoms with Gasteiger partial charge in [-0.05, 0) is 20.0 Å². The van der Waals surface area contributed by atoms with Crippen molar-refractivity contribution < 1.29 is 9.47 Å². The Hall–Kier alpha value is -0.200. The number of likely N-dealkylation sites (N-methyl/N-ethyl adjacent to an activating group) is 1. The molecule has 1 atom stereocenters. The summed E-state index contributed by atoms with van der Waals surface area (Å²) in [5, 5.41) is 3.52. The lowest BCUT2D eigenvalue weighted by Crippen LogP contribution is -2.43. The van der Waals surface area contributed by atoms with Crippen LogP contribution in [-0.4, -0.2) is 89.1 Å². The lowest BCUT2D eigenvalue weighted by Gasteiger charge is -2.28. The molecule has 5 nitrogen and oxygen atoms in total. The van der Waals surface area contributed by atoms with Gasteiger partial charge in [0.05, 0.1) is 13.2 Å². The Morgan fingerprint density at radius 1 is 0.950 bits per heavy atom. The Bertz CT molecular complexity index is 202. The second-order valence-corrected chi connectivity index (χ2v) is 5.11. The molecule has 0 radical (unpaired) electrons. The average molecular weight is 289 g/mol. The molecule has 0 aliphatic rings. The van der Waals surface area contributed by atoms with Gasteiger partial charge in [0.25, 0.3) is 0 Å². The number of nitrogens with zero attached hydrogens (tertiary/aromatic N) is 2. The first-order valence-corrected chi connectivity index (χ1v) is 7.84. The number of hydrogen-bond acceptors (Lipinski definition) is 5. The van der Waals surface area contributed by atoms with Crippen LogP contribution in [0.5, 0.6) is 0 Å². The van der Waals surface area contributed by atoms with Gasteiger partial charge in [-0.25, -0.2) is 0 Å². The van der Waals surface area contributed by atoms with Gasteiger partial charge >= 0.3 is 0 Å². The Morgan fingerprint density at radius 2 is 1.60 bits per heavy atom. The maximum absolute atomic E-state index is 5.24. The largest absolute Gasteiger partial charge is 0.383 e. The van der Waals surface area contributed by atoms with Crippen LogP contribution in [0, 0.1) is 0 Å². The van der Waals surface area contributed by atoms with E-state index in [1.54, 1.807) is 14.2 Å². The van der Waals surface area contributed by atoms with Crippen LogP contribution in [0.15, 0.2) is 0 Å². The summed E-state index contributed by atoms with van der Waals surface area (Å²) in [6.07, 6.45) is 0. The van der Waals surface area contributed by atoms with E-state index in [1.807, 2.05) is 0 Å². The van der Waals surface area contributed by atoms with E-state index in [-0.39, 0.29) is 0 Å². The van der Waals surface area contributed by atoms with E-state index in [2.05, 4.69) is 35.9 Å². The van der Waals surface area contributed by atoms with Gasteiger partial charge in [0.2, 0.25) is 0 Å². The molecular weight excluding hydrogens is 254 g/mol. The summed E-state index contributed by atoms with van der Waals surface area (Å²) in [6.45, 7) is 15.6. The zero-order valence-electron chi connectivity index (χ0n) is 14.2. The SMILES string of the molecule is CCN(CC)CCNCCN(CCOC)C(C)COC. The highest BCUT2D eigenvalue weighted by atomic mass is 16.5. The summed E-state index contributed by atoms with van der Waals surface area (Å²) in [4.78, 5) is 4.85. The van der Waals surface area contributed by atoms with Gasteiger partial charge in [-0.3, -0.25) is 4.90 Å². The molecular formula is C15H35N3O2. The van der Waals surface area contributed by atoms with Crippen molar-refractivity contribution >= 4 is 0 Å². The maximum Gasteiger partial charge on any atom is 0.0615 e. The van der Waals surface area contributed by atoms with Crippen LogP contribution in [0.3, 0.4) is 0 Å². The zero-order chi connectivity index (χ0) is 15.2. The van der Waals surface area contributed by atoms with E-state index < -0.39 is 0 Å². The summed E-state index contributed by atoms with van der Waals surface area (Å²) in [5.41, 5.74) is 0. The van der Waals surface area contributed by atoms with Crippen molar-refractivity contribution in [2.75, 3.05) is 73.2 Å². The second-order valence-electron chi connectivity index (χ2n) is 5.11. The summed E-state index contributed by atoms with van der Waals surface area (Å²) in [5.74, 6) is 0. The smallest absolute Gasteiger partial charge is 0.0615 e. The highest BCUT2D eigenvalue weighted by molar-refractivity contribution is 4.68. The highest BCUT2D eigenvalue weighted by Crippen LogP contribution is 1.98. The minimum absolute atomic E-state index is 0.430. The van der Waals surface area contributed by atoms with Gasteiger partial charge in [0.1, 0.15) is 0 Å². The first-order valence-electron chi connectivity index (χ1n) is 7.84. The Kier molecular flexibility index (Phi) is 13.6. The highest BCUT2D eigenvalue weighted by Gasteiger charge is 2.12. The van der Waals surface area contributed by atoms with Crippen molar-refractivity contribution in [3.8, 4) is 0 Å². The standard InChI is InChI=1S/C15H35N3O2/c1-6-17(7-2)10-8-16-9-11-18(12-13-19-4)15(3)14-20-5/h15-16H,6-14H2,1-5H3. The monoisotopic (exact) mass is 289 g/mol. The lowest BCUT2D eigenvalue weighted by atomic mass is 10.3. The van der Waals surface area contributed by atoms with Crippen molar-refractivity contribution in [2.45, 2.75) is 26.8 Å². The van der Waals surface area contributed by atoms with E-state index in [9.17, 15) is 0 Å². The van der Waals surface area contributed by atoms with Crippen molar-refractivity contribution in [3.05, 3.63) is 0 Å². The third kappa shape index (κ3) is 9.66. The molecule has 0 aromatic carbocycles. The molecule has 5 heteroatoms. The van der Waals surface area contributed by atoms with Crippen molar-refractivity contribution in [2.24, 2.45) is 0 Å². The van der Waals surface area contributed by atoms with Crippen LogP contribution in [0.4, 0.5) is 0 Å². The molecule has 1 N–H and O–H groups in total. The number of nitrogens with one attached hydrogen (secondary N) is 1. The van der Waals surface area contributed by atoms with E-state index in [4.69, 9.17) is 9.47 Å². The minimum Gasteiger partial charge on any atom is -0.383 e. The van der Waals surface area contributed by atoms with Crippen molar-refractivity contribution in [1.82, 2.24) is 15.1 Å². The molecule has 0 fully saturated rings. The minimum atomic E-state index is 0.430. The van der Waals surface area contributed by atoms with Crippen LogP contribution in [0.2, 0.25) is 0 Å². The normalized spacial score (nSPS) is 13.3. The molecule has 20 heavy (non-hydrogen) atoms. The molecule has 0 rings (SSSR count). The molecule has 122 valence electrons. The van der Waals surface area contributed by atoms with Crippen molar-refractivity contribution in [1.29, 1.82) is 0 Å². The first kappa shape index (κ1) is 19.8. The maximum atomic E-state index is 5.24. The molecule has 0 saturated carbocycles.